The lowest BCUT2D eigenvalue weighted by Gasteiger charge is -2.30. The molecule has 0 unspecified atom stereocenters. The van der Waals surface area contributed by atoms with Gasteiger partial charge in [-0.25, -0.2) is 4.79 Å². The molecule has 0 bridgehead atoms. The predicted octanol–water partition coefficient (Wildman–Crippen LogP) is 2.46. The summed E-state index contributed by atoms with van der Waals surface area (Å²) in [5.41, 5.74) is 10.5. The van der Waals surface area contributed by atoms with Crippen LogP contribution in [-0.4, -0.2) is 186 Å². The summed E-state index contributed by atoms with van der Waals surface area (Å²) in [6, 6.07) is 19.3. The normalized spacial score (nSPS) is 13.4. The molecule has 0 radical (unpaired) electrons. The lowest BCUT2D eigenvalue weighted by molar-refractivity contribution is -0.384. The first-order valence-corrected chi connectivity index (χ1v) is 32.3. The number of amides is 11. The average Bonchev–Trinajstić information content (AvgIpc) is 1.62. The summed E-state index contributed by atoms with van der Waals surface area (Å²) in [5, 5.41) is 60.7. The van der Waals surface area contributed by atoms with Crippen LogP contribution in [0.1, 0.15) is 98.1 Å². The lowest BCUT2D eigenvalue weighted by Crippen LogP contribution is -2.61. The van der Waals surface area contributed by atoms with Gasteiger partial charge in [-0.1, -0.05) is 90.1 Å². The molecule has 4 aromatic carbocycles. The number of nitro benzene ring substituents is 1. The Labute approximate surface area is 572 Å². The fraction of sp³-hybridized carbons (Fsp3) is 0.463. The molecule has 99 heavy (non-hydrogen) atoms. The van der Waals surface area contributed by atoms with Crippen LogP contribution in [0.5, 0.6) is 0 Å². The number of benzene rings is 4. The van der Waals surface area contributed by atoms with Crippen molar-refractivity contribution in [2.75, 3.05) is 63.9 Å². The van der Waals surface area contributed by atoms with Crippen LogP contribution in [0, 0.1) is 27.9 Å². The molecule has 0 saturated heterocycles. The number of nitro groups is 1. The van der Waals surface area contributed by atoms with Crippen molar-refractivity contribution in [1.82, 2.24) is 52.8 Å². The van der Waals surface area contributed by atoms with E-state index in [4.69, 9.17) is 10.5 Å². The van der Waals surface area contributed by atoms with Gasteiger partial charge in [0.15, 0.2) is 0 Å². The molecule has 0 fully saturated rings. The number of hydrogen-bond donors (Lipinski definition) is 12. The number of carboxylic acids is 1. The summed E-state index contributed by atoms with van der Waals surface area (Å²) < 4.78 is 6.06. The molecule has 0 heterocycles. The molecule has 0 spiro atoms. The first-order chi connectivity index (χ1) is 47.0. The molecule has 13 N–H and O–H groups in total. The Morgan fingerprint density at radius 2 is 1.13 bits per heavy atom. The second-order valence-corrected chi connectivity index (χ2v) is 24.5. The van der Waals surface area contributed by atoms with Gasteiger partial charge in [-0.3, -0.25) is 67.8 Å². The number of rotatable bonds is 39. The number of azo groups is 1. The van der Waals surface area contributed by atoms with Crippen molar-refractivity contribution < 1.29 is 77.4 Å². The fourth-order valence-electron chi connectivity index (χ4n) is 10.4. The quantitative estimate of drug-likeness (QED) is 0.0173. The van der Waals surface area contributed by atoms with Crippen LogP contribution in [0.15, 0.2) is 107 Å². The number of non-ortho nitro benzene ring substituents is 1. The zero-order valence-electron chi connectivity index (χ0n) is 56.5. The Bertz CT molecular complexity index is 3510. The number of aliphatic hydroxyl groups excluding tert-OH is 1. The van der Waals surface area contributed by atoms with E-state index in [1.807, 2.05) is 60.4 Å². The first-order valence-electron chi connectivity index (χ1n) is 32.3. The highest BCUT2D eigenvalue weighted by atomic mass is 16.6. The number of nitrogens with zero attached hydrogens (tertiary/aromatic N) is 5. The SMILES string of the molecule is CCN(CCN(CC(=O)N[C@H](C(=O)N[C@H](C(=O)N[C@@H](CCC(=O)O)C(=O)N[C@@H](CC(C)C)C(=O)N[C@@H](CNC(=O)CCO)C(=O)N[C@@H](C)C(=O)NCC(=O)NCC(N)=O)C(C)C)C(C)C)C(=O)OCC1c2ccccc2-c2ccccc21)c1ccc(N=Nc2ccc([N+](=O)[O-])cc2)cc1. The molecular formula is C67H89N15O17. The largest absolute Gasteiger partial charge is 0.481 e. The third-order valence-corrected chi connectivity index (χ3v) is 15.7. The molecule has 6 atom stereocenters. The number of aliphatic carboxylic acids is 1. The number of aliphatic hydroxyl groups is 1. The zero-order chi connectivity index (χ0) is 73.0. The molecule has 4 aromatic rings. The van der Waals surface area contributed by atoms with E-state index in [-0.39, 0.29) is 50.1 Å². The molecule has 1 aliphatic rings. The number of hydrogen-bond acceptors (Lipinski definition) is 19. The predicted molar refractivity (Wildman–Crippen MR) is 361 cm³/mol. The van der Waals surface area contributed by atoms with Gasteiger partial charge < -0.3 is 73.4 Å². The number of primary amides is 1. The number of fused-ring (bicyclic) bond motifs is 3. The highest BCUT2D eigenvalue weighted by Gasteiger charge is 2.37. The van der Waals surface area contributed by atoms with E-state index in [1.165, 1.54) is 36.1 Å². The summed E-state index contributed by atoms with van der Waals surface area (Å²) in [6.45, 7) is 10.7. The molecule has 32 heteroatoms. The number of nitrogens with two attached hydrogens (primary N) is 1. The molecule has 0 saturated carbocycles. The first kappa shape index (κ1) is 78.8. The van der Waals surface area contributed by atoms with E-state index in [0.717, 1.165) is 27.9 Å². The number of ether oxygens (including phenoxy) is 1. The van der Waals surface area contributed by atoms with Gasteiger partial charge in [-0.15, -0.1) is 0 Å². The average molecular weight is 1380 g/mol. The Balaban J connectivity index is 1.31. The van der Waals surface area contributed by atoms with Gasteiger partial charge >= 0.3 is 12.1 Å². The second-order valence-electron chi connectivity index (χ2n) is 24.5. The molecule has 5 rings (SSSR count). The Hall–Kier alpha value is -10.9. The van der Waals surface area contributed by atoms with Gasteiger partial charge in [-0.05, 0) is 103 Å². The van der Waals surface area contributed by atoms with E-state index in [0.29, 0.717) is 17.9 Å². The number of likely N-dealkylation sites (N-methyl/N-ethyl adjacent to an activating group) is 1. The van der Waals surface area contributed by atoms with Crippen molar-refractivity contribution in [1.29, 1.82) is 0 Å². The minimum atomic E-state index is -1.66. The van der Waals surface area contributed by atoms with Crippen LogP contribution < -0.4 is 58.5 Å². The van der Waals surface area contributed by atoms with E-state index in [2.05, 4.69) is 58.1 Å². The van der Waals surface area contributed by atoms with Crippen LogP contribution in [-0.2, 0) is 57.5 Å². The Kier molecular flexibility index (Phi) is 30.8. The van der Waals surface area contributed by atoms with Crippen LogP contribution in [0.25, 0.3) is 11.1 Å². The van der Waals surface area contributed by atoms with Crippen LogP contribution in [0.2, 0.25) is 0 Å². The van der Waals surface area contributed by atoms with Crippen LogP contribution >= 0.6 is 0 Å². The zero-order valence-corrected chi connectivity index (χ0v) is 56.5. The third-order valence-electron chi connectivity index (χ3n) is 15.7. The number of nitrogens with one attached hydrogen (secondary N) is 9. The Morgan fingerprint density at radius 3 is 1.68 bits per heavy atom. The molecule has 0 aromatic heterocycles. The summed E-state index contributed by atoms with van der Waals surface area (Å²) >= 11 is 0. The van der Waals surface area contributed by atoms with E-state index >= 15 is 0 Å². The lowest BCUT2D eigenvalue weighted by atomic mass is 9.98. The van der Waals surface area contributed by atoms with Gasteiger partial charge in [0, 0.05) is 62.8 Å². The van der Waals surface area contributed by atoms with Crippen molar-refractivity contribution in [3.8, 4) is 11.1 Å². The number of carbonyl (C=O) groups is 12. The monoisotopic (exact) mass is 1380 g/mol. The van der Waals surface area contributed by atoms with Gasteiger partial charge in [0.25, 0.3) is 5.69 Å². The summed E-state index contributed by atoms with van der Waals surface area (Å²) in [7, 11) is 0. The maximum atomic E-state index is 14.4. The second kappa shape index (κ2) is 38.7. The topological polar surface area (TPSA) is 463 Å². The summed E-state index contributed by atoms with van der Waals surface area (Å²) in [4.78, 5) is 174. The molecule has 32 nitrogen and oxygen atoms in total. The van der Waals surface area contributed by atoms with Crippen molar-refractivity contribution in [2.24, 2.45) is 33.7 Å². The van der Waals surface area contributed by atoms with Crippen molar-refractivity contribution in [3.63, 3.8) is 0 Å². The van der Waals surface area contributed by atoms with E-state index in [9.17, 15) is 77.9 Å². The molecule has 0 aliphatic heterocycles. The highest BCUT2D eigenvalue weighted by molar-refractivity contribution is 5.98. The maximum absolute atomic E-state index is 14.4. The number of anilines is 1. The van der Waals surface area contributed by atoms with Crippen molar-refractivity contribution in [3.05, 3.63) is 118 Å². The van der Waals surface area contributed by atoms with Gasteiger partial charge in [0.05, 0.1) is 36.0 Å². The minimum absolute atomic E-state index is 0.0501. The Morgan fingerprint density at radius 1 is 0.596 bits per heavy atom. The smallest absolute Gasteiger partial charge is 0.410 e. The summed E-state index contributed by atoms with van der Waals surface area (Å²) in [5.74, 6) is -12.2. The fourth-order valence-corrected chi connectivity index (χ4v) is 10.4. The van der Waals surface area contributed by atoms with Gasteiger partial charge in [0.2, 0.25) is 59.1 Å². The van der Waals surface area contributed by atoms with Crippen LogP contribution in [0.4, 0.5) is 27.5 Å². The van der Waals surface area contributed by atoms with E-state index < -0.39 is 170 Å². The maximum Gasteiger partial charge on any atom is 0.410 e. The third kappa shape index (κ3) is 24.9. The van der Waals surface area contributed by atoms with Crippen molar-refractivity contribution in [2.45, 2.75) is 123 Å². The number of carbonyl (C=O) groups excluding carboxylic acids is 11. The van der Waals surface area contributed by atoms with Gasteiger partial charge in [-0.2, -0.15) is 10.2 Å². The highest BCUT2D eigenvalue weighted by Crippen LogP contribution is 2.44. The molecule has 11 amide bonds. The van der Waals surface area contributed by atoms with Crippen LogP contribution in [0.3, 0.4) is 0 Å². The minimum Gasteiger partial charge on any atom is -0.481 e. The van der Waals surface area contributed by atoms with E-state index in [1.54, 1.807) is 65.8 Å². The molecule has 1 aliphatic carbocycles. The summed E-state index contributed by atoms with van der Waals surface area (Å²) in [6.07, 6.45) is -2.50. The van der Waals surface area contributed by atoms with Gasteiger partial charge in [0.1, 0.15) is 49.4 Å². The molecule has 534 valence electrons. The number of carboxylic acid groups (broad SMARTS) is 1. The standard InChI is InChI=1S/C67H89N15O17/c1-9-80(44-22-18-42(19-23-44)78-79-43-20-24-45(25-21-43)82(97)98)29-30-81(67(96)99-37-50-48-16-12-10-14-46(48)47-15-11-13-17-49(47)50)36-57(87)76-59(39(4)5)66(95)77-60(40(6)7)65(94)73-51(26-27-58(88)89)62(91)74-52(32-38(2)3)63(92)75-53(33-69-55(85)28-31-83)64(93)72-41(8)61(90)71-35-56(86)70-34-54(68)84/h10-25,38-41,50-53,59-60,83H,9,26-37H2,1-8H3,(H2,68,84)(H,69,85)(H,70,86)(H,71,90)(H,72,93)(H,73,94)(H,74,91)(H,75,92)(H,76,87)(H,77,95)(H,88,89)/t41-,51-,52-,53-,59-,60-/m0/s1. The molecular weight excluding hydrogens is 1290 g/mol. The van der Waals surface area contributed by atoms with Crippen molar-refractivity contribution >= 4 is 93.9 Å².